The van der Waals surface area contributed by atoms with Crippen LogP contribution in [0.25, 0.3) is 0 Å². The maximum atomic E-state index is 11.6. The Morgan fingerprint density at radius 3 is 2.45 bits per heavy atom. The molecule has 0 saturated carbocycles. The molecular formula is C12H13NO6S. The zero-order valence-electron chi connectivity index (χ0n) is 10.8. The topological polar surface area (TPSA) is 87.9 Å². The molecule has 0 unspecified atom stereocenters. The predicted molar refractivity (Wildman–Crippen MR) is 72.8 cm³/mol. The van der Waals surface area contributed by atoms with E-state index in [1.165, 1.54) is 19.2 Å². The number of esters is 1. The van der Waals surface area contributed by atoms with E-state index in [9.17, 15) is 14.9 Å². The summed E-state index contributed by atoms with van der Waals surface area (Å²) in [5.41, 5.74) is -0.502. The van der Waals surface area contributed by atoms with Crippen LogP contribution in [-0.4, -0.2) is 42.7 Å². The van der Waals surface area contributed by atoms with E-state index in [1.807, 2.05) is 0 Å². The molecule has 0 bridgehead atoms. The third-order valence-electron chi connectivity index (χ3n) is 2.63. The van der Waals surface area contributed by atoms with Gasteiger partial charge < -0.3 is 14.2 Å². The second kappa shape index (κ2) is 6.47. The van der Waals surface area contributed by atoms with E-state index in [0.29, 0.717) is 19.0 Å². The van der Waals surface area contributed by atoms with E-state index in [0.717, 1.165) is 11.5 Å². The number of ether oxygens (including phenoxy) is 3. The molecule has 0 N–H and O–H groups in total. The van der Waals surface area contributed by atoms with Crippen molar-refractivity contribution in [1.29, 1.82) is 0 Å². The van der Waals surface area contributed by atoms with Gasteiger partial charge in [-0.3, -0.25) is 10.1 Å². The average Bonchev–Trinajstić information content (AvgIpc) is 2.56. The summed E-state index contributed by atoms with van der Waals surface area (Å²) in [5, 5.41) is 11.0. The third kappa shape index (κ3) is 3.13. The molecule has 7 nitrogen and oxygen atoms in total. The van der Waals surface area contributed by atoms with Crippen LogP contribution in [0.15, 0.2) is 12.1 Å². The smallest absolute Gasteiger partial charge is 0.345 e. The Labute approximate surface area is 119 Å². The van der Waals surface area contributed by atoms with Crippen LogP contribution in [0.1, 0.15) is 10.4 Å². The number of rotatable bonds is 2. The molecule has 1 heterocycles. The number of carbonyl (C=O) groups is 1. The highest BCUT2D eigenvalue weighted by molar-refractivity contribution is 7.99. The highest BCUT2D eigenvalue weighted by Crippen LogP contribution is 2.36. The largest absolute Gasteiger partial charge is 0.489 e. The molecule has 1 aliphatic rings. The molecule has 108 valence electrons. The van der Waals surface area contributed by atoms with Crippen LogP contribution in [0.3, 0.4) is 0 Å². The number of methoxy groups -OCH3 is 1. The molecule has 1 aliphatic heterocycles. The average molecular weight is 299 g/mol. The monoisotopic (exact) mass is 299 g/mol. The van der Waals surface area contributed by atoms with E-state index in [-0.39, 0.29) is 17.0 Å². The second-order valence-corrected chi connectivity index (χ2v) is 5.10. The Morgan fingerprint density at radius 2 is 1.90 bits per heavy atom. The Kier molecular flexibility index (Phi) is 4.67. The lowest BCUT2D eigenvalue weighted by atomic mass is 10.1. The fourth-order valence-corrected chi connectivity index (χ4v) is 2.33. The van der Waals surface area contributed by atoms with Crippen molar-refractivity contribution >= 4 is 23.4 Å². The first-order chi connectivity index (χ1) is 9.63. The van der Waals surface area contributed by atoms with E-state index >= 15 is 0 Å². The van der Waals surface area contributed by atoms with E-state index in [4.69, 9.17) is 9.47 Å². The van der Waals surface area contributed by atoms with Gasteiger partial charge in [-0.2, -0.15) is 11.8 Å². The molecule has 0 fully saturated rings. The van der Waals surface area contributed by atoms with Crippen molar-refractivity contribution in [3.05, 3.63) is 27.8 Å². The van der Waals surface area contributed by atoms with Gasteiger partial charge in [0, 0.05) is 17.6 Å². The van der Waals surface area contributed by atoms with Gasteiger partial charge in [0.25, 0.3) is 5.69 Å². The minimum atomic E-state index is -0.780. The number of nitro benzene ring substituents is 1. The number of thioether (sulfide) groups is 1. The molecule has 0 aromatic heterocycles. The summed E-state index contributed by atoms with van der Waals surface area (Å²) in [7, 11) is 1.17. The minimum absolute atomic E-state index is 0.147. The maximum absolute atomic E-state index is 11.6. The molecule has 2 rings (SSSR count). The van der Waals surface area contributed by atoms with Gasteiger partial charge >= 0.3 is 5.97 Å². The summed E-state index contributed by atoms with van der Waals surface area (Å²) in [5.74, 6) is 1.37. The van der Waals surface area contributed by atoms with Crippen LogP contribution in [0, 0.1) is 10.1 Å². The van der Waals surface area contributed by atoms with Gasteiger partial charge in [0.05, 0.1) is 31.3 Å². The van der Waals surface area contributed by atoms with E-state index in [1.54, 1.807) is 11.8 Å². The van der Waals surface area contributed by atoms with Crippen LogP contribution in [-0.2, 0) is 4.74 Å². The van der Waals surface area contributed by atoms with Gasteiger partial charge in [0.2, 0.25) is 0 Å². The lowest BCUT2D eigenvalue weighted by Gasteiger charge is -2.11. The summed E-state index contributed by atoms with van der Waals surface area (Å²) < 4.78 is 15.5. The number of hydrogen-bond donors (Lipinski definition) is 0. The SMILES string of the molecule is COC(=O)c1cc2c(cc1[N+](=O)[O-])OCCSCCO2. The van der Waals surface area contributed by atoms with Gasteiger partial charge in [-0.05, 0) is 0 Å². The van der Waals surface area contributed by atoms with Crippen LogP contribution in [0.4, 0.5) is 5.69 Å². The number of fused-ring (bicyclic) bond motifs is 1. The molecule has 0 saturated heterocycles. The fourth-order valence-electron chi connectivity index (χ4n) is 1.72. The van der Waals surface area contributed by atoms with E-state index < -0.39 is 10.9 Å². The highest BCUT2D eigenvalue weighted by Gasteiger charge is 2.25. The van der Waals surface area contributed by atoms with Gasteiger partial charge in [-0.1, -0.05) is 0 Å². The highest BCUT2D eigenvalue weighted by atomic mass is 32.2. The fraction of sp³-hybridized carbons (Fsp3) is 0.417. The van der Waals surface area contributed by atoms with Crippen LogP contribution in [0.5, 0.6) is 11.5 Å². The number of nitrogens with zero attached hydrogens (tertiary/aromatic N) is 1. The van der Waals surface area contributed by atoms with Crippen LogP contribution < -0.4 is 9.47 Å². The third-order valence-corrected chi connectivity index (χ3v) is 3.55. The molecule has 0 atom stereocenters. The molecule has 1 aromatic carbocycles. The first-order valence-corrected chi connectivity index (χ1v) is 7.03. The van der Waals surface area contributed by atoms with Crippen LogP contribution in [0.2, 0.25) is 0 Å². The normalized spacial score (nSPS) is 14.7. The number of benzene rings is 1. The van der Waals surface area contributed by atoms with Crippen molar-refractivity contribution in [3.63, 3.8) is 0 Å². The molecule has 0 amide bonds. The molecular weight excluding hydrogens is 286 g/mol. The first kappa shape index (κ1) is 14.4. The number of carbonyl (C=O) groups excluding carboxylic acids is 1. The Bertz CT molecular complexity index is 533. The molecule has 1 aromatic rings. The molecule has 0 aliphatic carbocycles. The predicted octanol–water partition coefficient (Wildman–Crippen LogP) is 1.89. The van der Waals surface area contributed by atoms with Crippen molar-refractivity contribution in [2.45, 2.75) is 0 Å². The number of nitro groups is 1. The maximum Gasteiger partial charge on any atom is 0.345 e. The summed E-state index contributed by atoms with van der Waals surface area (Å²) in [6, 6.07) is 2.51. The molecule has 8 heteroatoms. The van der Waals surface area contributed by atoms with Crippen molar-refractivity contribution in [2.24, 2.45) is 0 Å². The lowest BCUT2D eigenvalue weighted by molar-refractivity contribution is -0.385. The zero-order chi connectivity index (χ0) is 14.5. The van der Waals surface area contributed by atoms with E-state index in [2.05, 4.69) is 4.74 Å². The second-order valence-electron chi connectivity index (χ2n) is 3.87. The van der Waals surface area contributed by atoms with Gasteiger partial charge in [0.15, 0.2) is 11.5 Å². The van der Waals surface area contributed by atoms with Crippen LogP contribution >= 0.6 is 11.8 Å². The Morgan fingerprint density at radius 1 is 1.30 bits per heavy atom. The van der Waals surface area contributed by atoms with Crippen molar-refractivity contribution in [1.82, 2.24) is 0 Å². The van der Waals surface area contributed by atoms with Gasteiger partial charge in [0.1, 0.15) is 5.56 Å². The summed E-state index contributed by atoms with van der Waals surface area (Å²) >= 11 is 1.66. The Hall–Kier alpha value is -1.96. The minimum Gasteiger partial charge on any atom is -0.489 e. The molecule has 0 spiro atoms. The molecule has 20 heavy (non-hydrogen) atoms. The summed E-state index contributed by atoms with van der Waals surface area (Å²) in [6.07, 6.45) is 0. The van der Waals surface area contributed by atoms with Crippen molar-refractivity contribution in [2.75, 3.05) is 31.8 Å². The first-order valence-electron chi connectivity index (χ1n) is 5.87. The lowest BCUT2D eigenvalue weighted by Crippen LogP contribution is -2.08. The zero-order valence-corrected chi connectivity index (χ0v) is 11.6. The van der Waals surface area contributed by atoms with Gasteiger partial charge in [-0.25, -0.2) is 4.79 Å². The quantitative estimate of drug-likeness (QED) is 0.468. The van der Waals surface area contributed by atoms with Gasteiger partial charge in [-0.15, -0.1) is 0 Å². The molecule has 0 radical (unpaired) electrons. The standard InChI is InChI=1S/C12H13NO6S/c1-17-12(14)8-6-10-11(7-9(8)13(15)16)19-3-5-20-4-2-18-10/h6-7H,2-5H2,1H3. The summed E-state index contributed by atoms with van der Waals surface area (Å²) in [4.78, 5) is 22.0. The van der Waals surface area contributed by atoms with Crippen molar-refractivity contribution < 1.29 is 23.9 Å². The number of hydrogen-bond acceptors (Lipinski definition) is 7. The Balaban J connectivity index is 2.47. The van der Waals surface area contributed by atoms with Crippen molar-refractivity contribution in [3.8, 4) is 11.5 Å². The summed E-state index contributed by atoms with van der Waals surface area (Å²) in [6.45, 7) is 0.870.